The van der Waals surface area contributed by atoms with Gasteiger partial charge >= 0.3 is 0 Å². The number of para-hydroxylation sites is 2. The number of hydrogen-bond donors (Lipinski definition) is 0. The van der Waals surface area contributed by atoms with Crippen molar-refractivity contribution in [3.8, 4) is 50.2 Å². The average Bonchev–Trinajstić information content (AvgIpc) is 3.57. The van der Waals surface area contributed by atoms with Gasteiger partial charge in [0.05, 0.1) is 17.6 Å². The lowest BCUT2D eigenvalue weighted by atomic mass is 9.85. The lowest BCUT2D eigenvalue weighted by molar-refractivity contribution is 1.18. The number of benzene rings is 9. The zero-order chi connectivity index (χ0) is 35.3. The zero-order valence-corrected chi connectivity index (χ0v) is 28.9. The van der Waals surface area contributed by atoms with Crippen LogP contribution in [0.15, 0.2) is 194 Å². The van der Waals surface area contributed by atoms with E-state index in [-0.39, 0.29) is 0 Å². The number of rotatable bonds is 5. The van der Waals surface area contributed by atoms with E-state index < -0.39 is 0 Å². The Balaban J connectivity index is 1.17. The van der Waals surface area contributed by atoms with Crippen LogP contribution in [0, 0.1) is 6.57 Å². The standard InChI is InChI=1S/C51H32N2/c1-52-38-31-37(32-39(33-38)53-48-28-13-11-22-42(48)43-23-12-14-29-49(43)53)41-21-6-5-20-40(41)35-18-15-19-36(30-35)51-46-26-9-7-24-44(46)50(34-16-3-2-4-17-34)45-25-8-10-27-47(45)51/h2-33H. The topological polar surface area (TPSA) is 9.29 Å². The van der Waals surface area contributed by atoms with Crippen molar-refractivity contribution in [3.63, 3.8) is 0 Å². The summed E-state index contributed by atoms with van der Waals surface area (Å²) in [5.41, 5.74) is 13.1. The molecule has 0 N–H and O–H groups in total. The molecule has 9 aromatic carbocycles. The fourth-order valence-corrected chi connectivity index (χ4v) is 8.33. The van der Waals surface area contributed by atoms with Gasteiger partial charge in [-0.2, -0.15) is 0 Å². The third-order valence-corrected chi connectivity index (χ3v) is 10.6. The largest absolute Gasteiger partial charge is 0.310 e. The van der Waals surface area contributed by atoms with Gasteiger partial charge in [-0.3, -0.25) is 0 Å². The lowest BCUT2D eigenvalue weighted by Gasteiger charge is -2.18. The van der Waals surface area contributed by atoms with Gasteiger partial charge in [-0.15, -0.1) is 0 Å². The highest BCUT2D eigenvalue weighted by Crippen LogP contribution is 2.45. The fraction of sp³-hybridized carbons (Fsp3) is 0. The molecule has 0 unspecified atom stereocenters. The molecule has 0 fully saturated rings. The number of aromatic nitrogens is 1. The second kappa shape index (κ2) is 12.5. The number of fused-ring (bicyclic) bond motifs is 5. The van der Waals surface area contributed by atoms with Gasteiger partial charge in [0.25, 0.3) is 0 Å². The molecule has 0 saturated carbocycles. The van der Waals surface area contributed by atoms with Gasteiger partial charge in [-0.05, 0) is 102 Å². The molecule has 2 nitrogen and oxygen atoms in total. The van der Waals surface area contributed by atoms with Crippen LogP contribution < -0.4 is 0 Å². The first-order chi connectivity index (χ1) is 26.3. The van der Waals surface area contributed by atoms with Crippen LogP contribution >= 0.6 is 0 Å². The van der Waals surface area contributed by atoms with Crippen molar-refractivity contribution in [3.05, 3.63) is 206 Å². The third kappa shape index (κ3) is 5.02. The van der Waals surface area contributed by atoms with Crippen LogP contribution in [-0.4, -0.2) is 4.57 Å². The maximum atomic E-state index is 8.11. The Kier molecular flexibility index (Phi) is 7.23. The fourth-order valence-electron chi connectivity index (χ4n) is 8.33. The van der Waals surface area contributed by atoms with Gasteiger partial charge in [-0.1, -0.05) is 158 Å². The van der Waals surface area contributed by atoms with E-state index >= 15 is 0 Å². The van der Waals surface area contributed by atoms with Gasteiger partial charge in [0.2, 0.25) is 0 Å². The Morgan fingerprint density at radius 1 is 0.340 bits per heavy atom. The van der Waals surface area contributed by atoms with Gasteiger partial charge < -0.3 is 4.57 Å². The molecule has 53 heavy (non-hydrogen) atoms. The molecule has 0 aliphatic heterocycles. The van der Waals surface area contributed by atoms with E-state index in [4.69, 9.17) is 6.57 Å². The Hall–Kier alpha value is -7.21. The molecule has 10 aromatic rings. The molecule has 0 saturated heterocycles. The van der Waals surface area contributed by atoms with Crippen LogP contribution in [0.3, 0.4) is 0 Å². The maximum absolute atomic E-state index is 8.11. The van der Waals surface area contributed by atoms with Crippen molar-refractivity contribution in [1.29, 1.82) is 0 Å². The monoisotopic (exact) mass is 672 g/mol. The summed E-state index contributed by atoms with van der Waals surface area (Å²) >= 11 is 0. The molecule has 0 aliphatic carbocycles. The van der Waals surface area contributed by atoms with Crippen molar-refractivity contribution < 1.29 is 0 Å². The summed E-state index contributed by atoms with van der Waals surface area (Å²) in [6.07, 6.45) is 0. The van der Waals surface area contributed by atoms with E-state index in [1.165, 1.54) is 54.6 Å². The minimum atomic E-state index is 0.611. The summed E-state index contributed by atoms with van der Waals surface area (Å²) < 4.78 is 2.29. The Morgan fingerprint density at radius 3 is 1.38 bits per heavy atom. The first-order valence-corrected chi connectivity index (χ1v) is 18.0. The molecular formula is C51H32N2. The normalized spacial score (nSPS) is 11.4. The molecule has 2 heteroatoms. The van der Waals surface area contributed by atoms with Gasteiger partial charge in [0.1, 0.15) is 0 Å². The SMILES string of the molecule is [C-]#[N+]c1cc(-c2ccccc2-c2cccc(-c3c4ccccc4c(-c4ccccc4)c4ccccc34)c2)cc(-n2c3ccccc3c3ccccc32)c1. The van der Waals surface area contributed by atoms with Crippen molar-refractivity contribution >= 4 is 49.0 Å². The molecule has 0 bridgehead atoms. The molecule has 0 spiro atoms. The van der Waals surface area contributed by atoms with Crippen molar-refractivity contribution in [2.45, 2.75) is 0 Å². The molecule has 246 valence electrons. The Bertz CT molecular complexity index is 2960. The average molecular weight is 673 g/mol. The summed E-state index contributed by atoms with van der Waals surface area (Å²) in [7, 11) is 0. The van der Waals surface area contributed by atoms with E-state index in [0.29, 0.717) is 5.69 Å². The molecule has 1 heterocycles. The first kappa shape index (κ1) is 30.6. The van der Waals surface area contributed by atoms with E-state index in [9.17, 15) is 0 Å². The summed E-state index contributed by atoms with van der Waals surface area (Å²) in [4.78, 5) is 3.97. The van der Waals surface area contributed by atoms with Crippen LogP contribution in [0.25, 0.3) is 98.4 Å². The predicted octanol–water partition coefficient (Wildman–Crippen LogP) is 14.3. The van der Waals surface area contributed by atoms with Crippen molar-refractivity contribution in [2.24, 2.45) is 0 Å². The van der Waals surface area contributed by atoms with Crippen molar-refractivity contribution in [1.82, 2.24) is 4.57 Å². The molecule has 0 aliphatic rings. The highest BCUT2D eigenvalue weighted by Gasteiger charge is 2.18. The first-order valence-electron chi connectivity index (χ1n) is 18.0. The molecule has 0 radical (unpaired) electrons. The van der Waals surface area contributed by atoms with Crippen LogP contribution in [0.2, 0.25) is 0 Å². The van der Waals surface area contributed by atoms with Gasteiger partial charge in [0, 0.05) is 16.5 Å². The Morgan fingerprint density at radius 2 is 0.792 bits per heavy atom. The molecular weight excluding hydrogens is 641 g/mol. The van der Waals surface area contributed by atoms with Crippen LogP contribution in [0.1, 0.15) is 0 Å². The third-order valence-electron chi connectivity index (χ3n) is 10.6. The summed E-state index contributed by atoms with van der Waals surface area (Å²) in [5, 5.41) is 7.35. The Labute approximate surface area is 308 Å². The minimum absolute atomic E-state index is 0.611. The van der Waals surface area contributed by atoms with Crippen molar-refractivity contribution in [2.75, 3.05) is 0 Å². The highest BCUT2D eigenvalue weighted by molar-refractivity contribution is 6.21. The summed E-state index contributed by atoms with van der Waals surface area (Å²) in [6.45, 7) is 8.11. The lowest BCUT2D eigenvalue weighted by Crippen LogP contribution is -1.95. The minimum Gasteiger partial charge on any atom is -0.310 e. The summed E-state index contributed by atoms with van der Waals surface area (Å²) in [6, 6.07) is 69.2. The van der Waals surface area contributed by atoms with Gasteiger partial charge in [-0.25, -0.2) is 4.85 Å². The summed E-state index contributed by atoms with van der Waals surface area (Å²) in [5.74, 6) is 0. The maximum Gasteiger partial charge on any atom is 0.189 e. The van der Waals surface area contributed by atoms with Crippen LogP contribution in [0.4, 0.5) is 5.69 Å². The van der Waals surface area contributed by atoms with Crippen LogP contribution in [-0.2, 0) is 0 Å². The number of hydrogen-bond acceptors (Lipinski definition) is 0. The zero-order valence-electron chi connectivity index (χ0n) is 28.9. The molecule has 10 rings (SSSR count). The molecule has 0 amide bonds. The van der Waals surface area contributed by atoms with E-state index in [1.807, 2.05) is 12.1 Å². The van der Waals surface area contributed by atoms with Gasteiger partial charge in [0.15, 0.2) is 5.69 Å². The van der Waals surface area contributed by atoms with E-state index in [1.54, 1.807) is 0 Å². The molecule has 1 aromatic heterocycles. The second-order valence-corrected chi connectivity index (χ2v) is 13.6. The van der Waals surface area contributed by atoms with E-state index in [2.05, 4.69) is 191 Å². The molecule has 0 atom stereocenters. The smallest absolute Gasteiger partial charge is 0.189 e. The van der Waals surface area contributed by atoms with Crippen LogP contribution in [0.5, 0.6) is 0 Å². The quantitative estimate of drug-likeness (QED) is 0.127. The highest BCUT2D eigenvalue weighted by atomic mass is 15.0. The predicted molar refractivity (Wildman–Crippen MR) is 224 cm³/mol. The van der Waals surface area contributed by atoms with E-state index in [0.717, 1.165) is 39.0 Å². The number of nitrogens with zero attached hydrogens (tertiary/aromatic N) is 2. The second-order valence-electron chi connectivity index (χ2n) is 13.6.